The van der Waals surface area contributed by atoms with E-state index in [9.17, 15) is 4.79 Å². The first-order chi connectivity index (χ1) is 17.6. The lowest BCUT2D eigenvalue weighted by Gasteiger charge is -2.05. The fourth-order valence-corrected chi connectivity index (χ4v) is 5.03. The van der Waals surface area contributed by atoms with Gasteiger partial charge in [-0.3, -0.25) is 19.9 Å². The highest BCUT2D eigenvalue weighted by molar-refractivity contribution is 7.17. The zero-order valence-electron chi connectivity index (χ0n) is 19.7. The molecule has 0 bridgehead atoms. The van der Waals surface area contributed by atoms with Crippen molar-refractivity contribution in [3.63, 3.8) is 0 Å². The number of nitrogens with zero attached hydrogens (tertiary/aromatic N) is 5. The third-order valence-electron chi connectivity index (χ3n) is 5.91. The molecule has 0 fully saturated rings. The lowest BCUT2D eigenvalue weighted by Crippen LogP contribution is -2.11. The molecule has 10 heteroatoms. The van der Waals surface area contributed by atoms with Crippen LogP contribution in [0.4, 0.5) is 0 Å². The number of aromatic amines is 2. The second-order valence-electron chi connectivity index (χ2n) is 8.42. The molecule has 6 aromatic heterocycles. The molecule has 0 aliphatic carbocycles. The third-order valence-corrected chi connectivity index (χ3v) is 7.13. The predicted molar refractivity (Wildman–Crippen MR) is 141 cm³/mol. The molecular weight excluding hydrogens is 472 g/mol. The average Bonchev–Trinajstić information content (AvgIpc) is 3.64. The van der Waals surface area contributed by atoms with Crippen LogP contribution in [0.15, 0.2) is 55.1 Å². The minimum Gasteiger partial charge on any atom is -0.335 e. The van der Waals surface area contributed by atoms with Crippen LogP contribution in [0.3, 0.4) is 0 Å². The maximum absolute atomic E-state index is 11.8. The van der Waals surface area contributed by atoms with Gasteiger partial charge in [0.1, 0.15) is 11.0 Å². The van der Waals surface area contributed by atoms with Gasteiger partial charge >= 0.3 is 0 Å². The number of imidazole rings is 1. The summed E-state index contributed by atoms with van der Waals surface area (Å²) in [4.78, 5) is 35.3. The molecule has 0 aliphatic rings. The fourth-order valence-electron chi connectivity index (χ4n) is 4.12. The van der Waals surface area contributed by atoms with Gasteiger partial charge in [-0.1, -0.05) is 6.92 Å². The molecule has 36 heavy (non-hydrogen) atoms. The van der Waals surface area contributed by atoms with Crippen LogP contribution in [0.2, 0.25) is 0 Å². The predicted octanol–water partition coefficient (Wildman–Crippen LogP) is 5.00. The highest BCUT2D eigenvalue weighted by atomic mass is 32.1. The Balaban J connectivity index is 1.42. The molecule has 9 nitrogen and oxygen atoms in total. The highest BCUT2D eigenvalue weighted by Gasteiger charge is 2.18. The van der Waals surface area contributed by atoms with E-state index in [1.54, 1.807) is 19.3 Å². The number of H-pyrrole nitrogens is 2. The molecule has 0 aliphatic heterocycles. The van der Waals surface area contributed by atoms with Gasteiger partial charge < -0.3 is 10.3 Å². The summed E-state index contributed by atoms with van der Waals surface area (Å²) in [6, 6.07) is 9.79. The topological polar surface area (TPSA) is 125 Å². The third kappa shape index (κ3) is 3.96. The van der Waals surface area contributed by atoms with E-state index in [4.69, 9.17) is 9.97 Å². The number of carbonyl (C=O) groups excluding carboxylic acids is 1. The number of pyridine rings is 3. The Hall–Kier alpha value is -4.28. The van der Waals surface area contributed by atoms with Gasteiger partial charge in [0.05, 0.1) is 27.8 Å². The maximum Gasteiger partial charge on any atom is 0.169 e. The van der Waals surface area contributed by atoms with Crippen LogP contribution in [-0.2, 0) is 6.54 Å². The van der Waals surface area contributed by atoms with E-state index >= 15 is 0 Å². The quantitative estimate of drug-likeness (QED) is 0.267. The van der Waals surface area contributed by atoms with Gasteiger partial charge in [-0.2, -0.15) is 5.10 Å². The molecule has 0 unspecified atom stereocenters. The number of hydrogen-bond donors (Lipinski definition) is 3. The van der Waals surface area contributed by atoms with Crippen molar-refractivity contribution in [1.82, 2.24) is 40.4 Å². The molecule has 0 amide bonds. The molecular formula is C26H22N8OS. The van der Waals surface area contributed by atoms with Crippen LogP contribution < -0.4 is 5.32 Å². The van der Waals surface area contributed by atoms with E-state index < -0.39 is 0 Å². The van der Waals surface area contributed by atoms with Gasteiger partial charge in [0.15, 0.2) is 17.3 Å². The number of ketones is 1. The van der Waals surface area contributed by atoms with Crippen LogP contribution in [-0.4, -0.2) is 47.4 Å². The SMILES string of the molecule is CCNCc1cncc(-c2ccc3[nH]nc(-c4nc5c(-c6ccc(C(C)=O)s6)cncc5[nH]4)c3n2)c1. The zero-order valence-corrected chi connectivity index (χ0v) is 20.5. The molecule has 0 radical (unpaired) electrons. The number of carbonyl (C=O) groups is 1. The number of rotatable bonds is 7. The van der Waals surface area contributed by atoms with Crippen molar-refractivity contribution in [2.75, 3.05) is 6.54 Å². The van der Waals surface area contributed by atoms with Crippen molar-refractivity contribution in [2.24, 2.45) is 0 Å². The van der Waals surface area contributed by atoms with E-state index in [1.165, 1.54) is 11.3 Å². The number of aromatic nitrogens is 7. The summed E-state index contributed by atoms with van der Waals surface area (Å²) >= 11 is 1.44. The Morgan fingerprint density at radius 3 is 2.72 bits per heavy atom. The summed E-state index contributed by atoms with van der Waals surface area (Å²) in [7, 11) is 0. The van der Waals surface area contributed by atoms with Crippen LogP contribution in [0.25, 0.3) is 55.3 Å². The summed E-state index contributed by atoms with van der Waals surface area (Å²) in [5.74, 6) is 0.638. The molecule has 6 heterocycles. The van der Waals surface area contributed by atoms with Gasteiger partial charge in [0.2, 0.25) is 0 Å². The Morgan fingerprint density at radius 2 is 1.89 bits per heavy atom. The summed E-state index contributed by atoms with van der Waals surface area (Å²) < 4.78 is 0. The summed E-state index contributed by atoms with van der Waals surface area (Å²) in [5.41, 5.74) is 7.42. The average molecular weight is 495 g/mol. The maximum atomic E-state index is 11.8. The molecule has 6 aromatic rings. The largest absolute Gasteiger partial charge is 0.335 e. The van der Waals surface area contributed by atoms with Crippen LogP contribution >= 0.6 is 11.3 Å². The molecule has 3 N–H and O–H groups in total. The van der Waals surface area contributed by atoms with Crippen LogP contribution in [0.1, 0.15) is 29.1 Å². The first-order valence-electron chi connectivity index (χ1n) is 11.6. The van der Waals surface area contributed by atoms with E-state index in [-0.39, 0.29) is 5.78 Å². The van der Waals surface area contributed by atoms with Gasteiger partial charge in [0.25, 0.3) is 0 Å². The Bertz CT molecular complexity index is 1730. The molecule has 0 atom stereocenters. The van der Waals surface area contributed by atoms with Crippen LogP contribution in [0, 0.1) is 0 Å². The Kier molecular flexibility index (Phi) is 5.59. The van der Waals surface area contributed by atoms with Gasteiger partial charge in [-0.25, -0.2) is 9.97 Å². The number of thiophene rings is 1. The Labute approximate surface area is 210 Å². The molecule has 0 saturated carbocycles. The lowest BCUT2D eigenvalue weighted by molar-refractivity contribution is 0.102. The second-order valence-corrected chi connectivity index (χ2v) is 9.50. The van der Waals surface area contributed by atoms with Crippen molar-refractivity contribution < 1.29 is 4.79 Å². The van der Waals surface area contributed by atoms with Crippen molar-refractivity contribution in [3.05, 3.63) is 65.6 Å². The first-order valence-corrected chi connectivity index (χ1v) is 12.4. The van der Waals surface area contributed by atoms with E-state index in [0.717, 1.165) is 56.9 Å². The second kappa shape index (κ2) is 9.06. The number of fused-ring (bicyclic) bond motifs is 2. The normalized spacial score (nSPS) is 11.5. The Morgan fingerprint density at radius 1 is 1.00 bits per heavy atom. The monoisotopic (exact) mass is 494 g/mol. The first kappa shape index (κ1) is 22.2. The lowest BCUT2D eigenvalue weighted by atomic mass is 10.1. The molecule has 6 rings (SSSR count). The molecule has 0 saturated heterocycles. The summed E-state index contributed by atoms with van der Waals surface area (Å²) in [6.45, 7) is 5.30. The van der Waals surface area contributed by atoms with Gasteiger partial charge in [0, 0.05) is 41.1 Å². The van der Waals surface area contributed by atoms with E-state index in [2.05, 4.69) is 43.5 Å². The standard InChI is InChI=1S/C26H22N8OS/c1-3-27-9-15-8-16(11-28-10-15)18-4-5-19-24(30-18)25(34-33-19)26-31-20-13-29-12-17(23(20)32-26)22-7-6-21(36-22)14(2)35/h4-8,10-13,27H,3,9H2,1-2H3,(H,31,32)(H,33,34). The fraction of sp³-hybridized carbons (Fsp3) is 0.154. The number of Topliss-reactive ketones (excluding diaryl/α,β-unsaturated/α-hetero) is 1. The minimum atomic E-state index is 0.0429. The van der Waals surface area contributed by atoms with E-state index in [1.807, 2.05) is 36.7 Å². The summed E-state index contributed by atoms with van der Waals surface area (Å²) in [6.07, 6.45) is 7.19. The molecule has 178 valence electrons. The number of nitrogens with one attached hydrogen (secondary N) is 3. The van der Waals surface area contributed by atoms with Crippen molar-refractivity contribution in [1.29, 1.82) is 0 Å². The van der Waals surface area contributed by atoms with Crippen molar-refractivity contribution in [3.8, 4) is 33.2 Å². The summed E-state index contributed by atoms with van der Waals surface area (Å²) in [5, 5.41) is 10.9. The minimum absolute atomic E-state index is 0.0429. The molecule has 0 spiro atoms. The van der Waals surface area contributed by atoms with E-state index in [0.29, 0.717) is 21.9 Å². The zero-order chi connectivity index (χ0) is 24.6. The van der Waals surface area contributed by atoms with Gasteiger partial charge in [-0.15, -0.1) is 11.3 Å². The van der Waals surface area contributed by atoms with Crippen molar-refractivity contribution >= 4 is 39.2 Å². The highest BCUT2D eigenvalue weighted by Crippen LogP contribution is 2.34. The van der Waals surface area contributed by atoms with Crippen LogP contribution in [0.5, 0.6) is 0 Å². The van der Waals surface area contributed by atoms with Crippen molar-refractivity contribution in [2.45, 2.75) is 20.4 Å². The number of hydrogen-bond acceptors (Lipinski definition) is 8. The molecule has 0 aromatic carbocycles. The smallest absolute Gasteiger partial charge is 0.169 e. The van der Waals surface area contributed by atoms with Gasteiger partial charge in [-0.05, 0) is 49.4 Å².